The zero-order valence-corrected chi connectivity index (χ0v) is 24.4. The first kappa shape index (κ1) is 28.5. The maximum Gasteiger partial charge on any atom is 0.513 e. The molecule has 1 aromatic heterocycles. The van der Waals surface area contributed by atoms with Crippen molar-refractivity contribution in [3.63, 3.8) is 0 Å². The van der Waals surface area contributed by atoms with Crippen molar-refractivity contribution in [3.05, 3.63) is 53.5 Å². The molecule has 0 N–H and O–H groups in total. The van der Waals surface area contributed by atoms with Crippen LogP contribution in [0.4, 0.5) is 9.18 Å². The predicted octanol–water partition coefficient (Wildman–Crippen LogP) is 6.39. The number of hydrogen-bond acceptors (Lipinski definition) is 8. The highest BCUT2D eigenvalue weighted by Gasteiger charge is 2.68. The summed E-state index contributed by atoms with van der Waals surface area (Å²) in [4.78, 5) is 24.4. The number of ketones is 1. The van der Waals surface area contributed by atoms with Crippen molar-refractivity contribution in [2.24, 2.45) is 5.41 Å². The smallest absolute Gasteiger partial charge is 0.493 e. The fraction of sp³-hybridized carbons (Fsp3) is 0.531. The summed E-state index contributed by atoms with van der Waals surface area (Å²) in [6.07, 6.45) is 4.52. The Labute approximate surface area is 244 Å². The van der Waals surface area contributed by atoms with Crippen LogP contribution in [0.5, 0.6) is 11.5 Å². The highest BCUT2D eigenvalue weighted by Crippen LogP contribution is 2.68. The summed E-state index contributed by atoms with van der Waals surface area (Å²) in [6.45, 7) is 6.67. The molecule has 9 nitrogen and oxygen atoms in total. The number of aromatic nitrogens is 1. The van der Waals surface area contributed by atoms with Crippen LogP contribution in [0.25, 0.3) is 11.0 Å². The normalized spacial score (nSPS) is 28.0. The van der Waals surface area contributed by atoms with Gasteiger partial charge >= 0.3 is 6.16 Å². The van der Waals surface area contributed by atoms with Gasteiger partial charge in [0, 0.05) is 42.2 Å². The number of rotatable bonds is 11. The summed E-state index contributed by atoms with van der Waals surface area (Å²) >= 11 is 0. The first-order valence-electron chi connectivity index (χ1n) is 14.7. The number of ether oxygens (including phenoxy) is 4. The van der Waals surface area contributed by atoms with E-state index in [2.05, 4.69) is 12.1 Å². The van der Waals surface area contributed by atoms with Crippen LogP contribution in [0.3, 0.4) is 0 Å². The quantitative estimate of drug-likeness (QED) is 0.111. The molecule has 0 radical (unpaired) electrons. The SMILES string of the molecule is COc1cc(C(C)=O)ccc1OCCC[N+]1(COC(=O)OC23CC(C)(C2)C3)CCC(c2noc3cc(F)ccc23)CC1. The zero-order valence-electron chi connectivity index (χ0n) is 24.4. The average molecular weight is 582 g/mol. The number of likely N-dealkylation sites (tertiary alicyclic amines) is 1. The number of carbonyl (C=O) groups is 2. The third kappa shape index (κ3) is 5.56. The molecule has 3 aliphatic carbocycles. The molecule has 10 heteroatoms. The molecule has 7 rings (SSSR count). The van der Waals surface area contributed by atoms with E-state index >= 15 is 0 Å². The lowest BCUT2D eigenvalue weighted by molar-refractivity contribution is -0.948. The third-order valence-electron chi connectivity index (χ3n) is 9.36. The molecule has 1 aliphatic heterocycles. The van der Waals surface area contributed by atoms with E-state index in [1.807, 2.05) is 0 Å². The number of halogens is 1. The van der Waals surface area contributed by atoms with Gasteiger partial charge in [-0.05, 0) is 61.9 Å². The van der Waals surface area contributed by atoms with Gasteiger partial charge in [-0.15, -0.1) is 0 Å². The summed E-state index contributed by atoms with van der Waals surface area (Å²) in [5.41, 5.74) is 1.89. The van der Waals surface area contributed by atoms with Gasteiger partial charge in [0.1, 0.15) is 11.4 Å². The zero-order chi connectivity index (χ0) is 29.5. The number of benzene rings is 2. The molecule has 1 saturated heterocycles. The highest BCUT2D eigenvalue weighted by molar-refractivity contribution is 5.94. The van der Waals surface area contributed by atoms with Crippen LogP contribution in [-0.2, 0) is 9.47 Å². The molecule has 2 bridgehead atoms. The minimum atomic E-state index is -0.590. The van der Waals surface area contributed by atoms with Crippen molar-refractivity contribution in [2.75, 3.05) is 40.1 Å². The van der Waals surface area contributed by atoms with Crippen LogP contribution in [0.1, 0.15) is 74.3 Å². The molecular weight excluding hydrogens is 543 g/mol. The Bertz CT molecular complexity index is 1470. The third-order valence-corrected chi connectivity index (χ3v) is 9.36. The number of quaternary nitrogens is 1. The molecule has 0 atom stereocenters. The van der Waals surface area contributed by atoms with Gasteiger partial charge in [0.25, 0.3) is 0 Å². The van der Waals surface area contributed by atoms with Crippen LogP contribution >= 0.6 is 0 Å². The second-order valence-corrected chi connectivity index (χ2v) is 12.8. The van der Waals surface area contributed by atoms with Gasteiger partial charge in [-0.2, -0.15) is 0 Å². The molecule has 224 valence electrons. The summed E-state index contributed by atoms with van der Waals surface area (Å²) in [5.74, 6) is 0.866. The molecule has 4 fully saturated rings. The maximum absolute atomic E-state index is 13.7. The van der Waals surface area contributed by atoms with Crippen molar-refractivity contribution >= 4 is 22.9 Å². The molecular formula is C32H38FN2O7+. The second kappa shape index (κ2) is 10.9. The van der Waals surface area contributed by atoms with Gasteiger partial charge in [0.2, 0.25) is 6.73 Å². The number of hydrogen-bond donors (Lipinski definition) is 0. The van der Waals surface area contributed by atoms with E-state index in [9.17, 15) is 14.0 Å². The highest BCUT2D eigenvalue weighted by atomic mass is 19.1. The van der Waals surface area contributed by atoms with Crippen molar-refractivity contribution in [3.8, 4) is 11.5 Å². The van der Waals surface area contributed by atoms with Gasteiger partial charge in [-0.3, -0.25) is 9.28 Å². The predicted molar refractivity (Wildman–Crippen MR) is 151 cm³/mol. The molecule has 0 amide bonds. The number of nitrogens with zero attached hydrogens (tertiary/aromatic N) is 2. The first-order chi connectivity index (χ1) is 20.1. The van der Waals surface area contributed by atoms with Crippen LogP contribution in [0.15, 0.2) is 40.9 Å². The summed E-state index contributed by atoms with van der Waals surface area (Å²) in [6, 6.07) is 9.69. The van der Waals surface area contributed by atoms with Gasteiger partial charge < -0.3 is 23.5 Å². The van der Waals surface area contributed by atoms with Gasteiger partial charge in [-0.25, -0.2) is 9.18 Å². The molecule has 42 heavy (non-hydrogen) atoms. The number of carbonyl (C=O) groups excluding carboxylic acids is 2. The minimum absolute atomic E-state index is 0.0396. The fourth-order valence-electron chi connectivity index (χ4n) is 7.30. The van der Waals surface area contributed by atoms with Crippen molar-refractivity contribution < 1.29 is 41.9 Å². The summed E-state index contributed by atoms with van der Waals surface area (Å²) in [7, 11) is 1.55. The molecule has 0 unspecified atom stereocenters. The van der Waals surface area contributed by atoms with E-state index < -0.39 is 6.16 Å². The lowest BCUT2D eigenvalue weighted by Gasteiger charge is -2.67. The lowest BCUT2D eigenvalue weighted by atomic mass is 9.42. The topological polar surface area (TPSA) is 97.1 Å². The van der Waals surface area contributed by atoms with Crippen LogP contribution in [0, 0.1) is 11.2 Å². The molecule has 2 aromatic carbocycles. The number of piperidine rings is 1. The lowest BCUT2D eigenvalue weighted by Crippen LogP contribution is -2.67. The Morgan fingerprint density at radius 3 is 2.55 bits per heavy atom. The standard InChI is InChI=1S/C32H38FN2O7/c1-21(36)23-5-8-26(28(15-23)38-3)39-14-4-11-35(20-40-30(37)41-32-17-31(2,18-32)19-32)12-9-22(10-13-35)29-25-7-6-24(33)16-27(25)42-34-29/h5-8,15-16,22H,4,9-14,17-20H2,1-3H3/q+1. The monoisotopic (exact) mass is 581 g/mol. The Kier molecular flexibility index (Phi) is 7.37. The number of fused-ring (bicyclic) bond motifs is 1. The average Bonchev–Trinajstić information content (AvgIpc) is 3.36. The first-order valence-corrected chi connectivity index (χ1v) is 14.7. The second-order valence-electron chi connectivity index (χ2n) is 12.8. The Morgan fingerprint density at radius 2 is 1.86 bits per heavy atom. The van der Waals surface area contributed by atoms with Crippen molar-refractivity contribution in [2.45, 2.75) is 63.9 Å². The van der Waals surface area contributed by atoms with Crippen LogP contribution in [0.2, 0.25) is 0 Å². The van der Waals surface area contributed by atoms with E-state index in [0.29, 0.717) is 39.2 Å². The fourth-order valence-corrected chi connectivity index (χ4v) is 7.30. The minimum Gasteiger partial charge on any atom is -0.493 e. The molecule has 3 saturated carbocycles. The van der Waals surface area contributed by atoms with Crippen LogP contribution < -0.4 is 9.47 Å². The van der Waals surface area contributed by atoms with Gasteiger partial charge in [0.15, 0.2) is 22.9 Å². The molecule has 4 aliphatic rings. The van der Waals surface area contributed by atoms with Gasteiger partial charge in [0.05, 0.1) is 39.0 Å². The van der Waals surface area contributed by atoms with E-state index in [1.165, 1.54) is 19.1 Å². The van der Waals surface area contributed by atoms with E-state index in [4.69, 9.17) is 23.5 Å². The molecule has 0 spiro atoms. The Hall–Kier alpha value is -3.66. The Balaban J connectivity index is 1.09. The molecule has 2 heterocycles. The van der Waals surface area contributed by atoms with Crippen LogP contribution in [-0.4, -0.2) is 67.3 Å². The molecule has 3 aromatic rings. The van der Waals surface area contributed by atoms with E-state index in [-0.39, 0.29) is 29.9 Å². The van der Waals surface area contributed by atoms with E-state index in [0.717, 1.165) is 69.2 Å². The summed E-state index contributed by atoms with van der Waals surface area (Å²) in [5, 5.41) is 5.12. The number of methoxy groups -OCH3 is 1. The Morgan fingerprint density at radius 1 is 1.10 bits per heavy atom. The van der Waals surface area contributed by atoms with Crippen molar-refractivity contribution in [1.29, 1.82) is 0 Å². The maximum atomic E-state index is 13.7. The number of Topliss-reactive ketones (excluding diaryl/α,β-unsaturated/α-hetero) is 1. The largest absolute Gasteiger partial charge is 0.513 e. The van der Waals surface area contributed by atoms with Gasteiger partial charge in [-0.1, -0.05) is 12.1 Å². The van der Waals surface area contributed by atoms with Crippen molar-refractivity contribution in [1.82, 2.24) is 5.16 Å². The summed E-state index contributed by atoms with van der Waals surface area (Å²) < 4.78 is 42.6. The van der Waals surface area contributed by atoms with E-state index in [1.54, 1.807) is 31.4 Å².